The highest BCUT2D eigenvalue weighted by Gasteiger charge is 2.22. The molecule has 0 radical (unpaired) electrons. The van der Waals surface area contributed by atoms with Crippen LogP contribution in [0.2, 0.25) is 5.02 Å². The van der Waals surface area contributed by atoms with Crippen LogP contribution in [0.1, 0.15) is 17.5 Å². The molecule has 0 aromatic heterocycles. The zero-order chi connectivity index (χ0) is 9.42. The van der Waals surface area contributed by atoms with Gasteiger partial charge >= 0.3 is 0 Å². The van der Waals surface area contributed by atoms with E-state index in [1.165, 1.54) is 6.07 Å². The molecule has 1 aliphatic carbocycles. The second-order valence-corrected chi connectivity index (χ2v) is 3.61. The summed E-state index contributed by atoms with van der Waals surface area (Å²) in [4.78, 5) is 10.3. The highest BCUT2D eigenvalue weighted by molar-refractivity contribution is 6.30. The lowest BCUT2D eigenvalue weighted by atomic mass is 10.1. The van der Waals surface area contributed by atoms with Crippen molar-refractivity contribution in [3.8, 4) is 0 Å². The molecule has 0 heterocycles. The fourth-order valence-electron chi connectivity index (χ4n) is 1.81. The van der Waals surface area contributed by atoms with Gasteiger partial charge in [0.1, 0.15) is 0 Å². The molecular weight excluding hydrogens is 190 g/mol. The summed E-state index contributed by atoms with van der Waals surface area (Å²) in [7, 11) is 0. The first-order valence-electron chi connectivity index (χ1n) is 4.14. The maximum Gasteiger partial charge on any atom is 0.274 e. The van der Waals surface area contributed by atoms with Crippen molar-refractivity contribution in [2.24, 2.45) is 0 Å². The first-order chi connectivity index (χ1) is 6.18. The zero-order valence-electron chi connectivity index (χ0n) is 6.92. The minimum Gasteiger partial charge on any atom is -0.258 e. The molecular formula is C9H8ClNO2. The van der Waals surface area contributed by atoms with Gasteiger partial charge in [0, 0.05) is 16.7 Å². The normalized spacial score (nSPS) is 14.2. The van der Waals surface area contributed by atoms with Gasteiger partial charge < -0.3 is 0 Å². The summed E-state index contributed by atoms with van der Waals surface area (Å²) < 4.78 is 0. The molecule has 0 bridgehead atoms. The van der Waals surface area contributed by atoms with Crippen molar-refractivity contribution >= 4 is 17.3 Å². The molecule has 3 nitrogen and oxygen atoms in total. The smallest absolute Gasteiger partial charge is 0.258 e. The van der Waals surface area contributed by atoms with Crippen LogP contribution in [0.3, 0.4) is 0 Å². The number of nitro groups is 1. The van der Waals surface area contributed by atoms with Crippen LogP contribution in [0, 0.1) is 10.1 Å². The summed E-state index contributed by atoms with van der Waals surface area (Å²) in [6.45, 7) is 0. The SMILES string of the molecule is O=[N+]([O-])c1cc(Cl)cc2c1CCC2. The van der Waals surface area contributed by atoms with E-state index in [0.29, 0.717) is 5.02 Å². The number of hydrogen-bond acceptors (Lipinski definition) is 2. The molecule has 0 saturated heterocycles. The van der Waals surface area contributed by atoms with Gasteiger partial charge in [-0.15, -0.1) is 0 Å². The first-order valence-corrected chi connectivity index (χ1v) is 4.52. The average Bonchev–Trinajstić information content (AvgIpc) is 2.49. The second-order valence-electron chi connectivity index (χ2n) is 3.17. The molecule has 1 aliphatic rings. The van der Waals surface area contributed by atoms with Crippen molar-refractivity contribution in [1.82, 2.24) is 0 Å². The highest BCUT2D eigenvalue weighted by atomic mass is 35.5. The van der Waals surface area contributed by atoms with Gasteiger partial charge in [0.15, 0.2) is 0 Å². The highest BCUT2D eigenvalue weighted by Crippen LogP contribution is 2.33. The number of rotatable bonds is 1. The van der Waals surface area contributed by atoms with Crippen LogP contribution in [-0.4, -0.2) is 4.92 Å². The van der Waals surface area contributed by atoms with E-state index in [-0.39, 0.29) is 10.6 Å². The van der Waals surface area contributed by atoms with Crippen LogP contribution >= 0.6 is 11.6 Å². The lowest BCUT2D eigenvalue weighted by molar-refractivity contribution is -0.385. The first kappa shape index (κ1) is 8.51. The summed E-state index contributed by atoms with van der Waals surface area (Å²) in [5.74, 6) is 0. The Morgan fingerprint density at radius 2 is 2.15 bits per heavy atom. The summed E-state index contributed by atoms with van der Waals surface area (Å²) in [6, 6.07) is 3.27. The number of fused-ring (bicyclic) bond motifs is 1. The number of benzene rings is 1. The van der Waals surface area contributed by atoms with Crippen LogP contribution in [-0.2, 0) is 12.8 Å². The number of aryl methyl sites for hydroxylation is 1. The van der Waals surface area contributed by atoms with Gasteiger partial charge in [-0.25, -0.2) is 0 Å². The van der Waals surface area contributed by atoms with E-state index in [9.17, 15) is 10.1 Å². The molecule has 0 amide bonds. The number of hydrogen-bond donors (Lipinski definition) is 0. The van der Waals surface area contributed by atoms with Crippen LogP contribution in [0.25, 0.3) is 0 Å². The molecule has 68 valence electrons. The lowest BCUT2D eigenvalue weighted by Crippen LogP contribution is -1.94. The number of nitro benzene ring substituents is 1. The molecule has 0 fully saturated rings. The quantitative estimate of drug-likeness (QED) is 0.513. The van der Waals surface area contributed by atoms with E-state index in [1.54, 1.807) is 0 Å². The third-order valence-electron chi connectivity index (χ3n) is 2.35. The Bertz CT molecular complexity index is 376. The van der Waals surface area contributed by atoms with E-state index >= 15 is 0 Å². The van der Waals surface area contributed by atoms with Crippen LogP contribution in [0.5, 0.6) is 0 Å². The van der Waals surface area contributed by atoms with E-state index in [1.807, 2.05) is 6.07 Å². The van der Waals surface area contributed by atoms with E-state index in [4.69, 9.17) is 11.6 Å². The summed E-state index contributed by atoms with van der Waals surface area (Å²) >= 11 is 5.77. The van der Waals surface area contributed by atoms with Crippen molar-refractivity contribution in [3.63, 3.8) is 0 Å². The number of nitrogens with zero attached hydrogens (tertiary/aromatic N) is 1. The third-order valence-corrected chi connectivity index (χ3v) is 2.57. The van der Waals surface area contributed by atoms with E-state index in [0.717, 1.165) is 30.4 Å². The Kier molecular flexibility index (Phi) is 1.96. The predicted molar refractivity (Wildman–Crippen MR) is 50.1 cm³/mol. The minimum absolute atomic E-state index is 0.181. The molecule has 4 heteroatoms. The van der Waals surface area contributed by atoms with Gasteiger partial charge in [-0.05, 0) is 30.9 Å². The minimum atomic E-state index is -0.351. The van der Waals surface area contributed by atoms with E-state index in [2.05, 4.69) is 0 Å². The Labute approximate surface area is 80.5 Å². The number of halogens is 1. The molecule has 1 aromatic rings. The monoisotopic (exact) mass is 197 g/mol. The largest absolute Gasteiger partial charge is 0.274 e. The third kappa shape index (κ3) is 1.40. The second kappa shape index (κ2) is 3.00. The standard InChI is InChI=1S/C9H8ClNO2/c10-7-4-6-2-1-3-8(6)9(5-7)11(12)13/h4-5H,1-3H2. The Morgan fingerprint density at radius 1 is 1.38 bits per heavy atom. The lowest BCUT2D eigenvalue weighted by Gasteiger charge is -2.00. The molecule has 1 aromatic carbocycles. The maximum atomic E-state index is 10.7. The summed E-state index contributed by atoms with van der Waals surface area (Å²) in [6.07, 6.45) is 2.72. The van der Waals surface area contributed by atoms with Gasteiger partial charge in [0.05, 0.1) is 4.92 Å². The Morgan fingerprint density at radius 3 is 2.85 bits per heavy atom. The van der Waals surface area contributed by atoms with Gasteiger partial charge in [-0.3, -0.25) is 10.1 Å². The summed E-state index contributed by atoms with van der Waals surface area (Å²) in [5, 5.41) is 11.1. The van der Waals surface area contributed by atoms with Gasteiger partial charge in [0.2, 0.25) is 0 Å². The van der Waals surface area contributed by atoms with Gasteiger partial charge in [-0.2, -0.15) is 0 Å². The van der Waals surface area contributed by atoms with E-state index < -0.39 is 0 Å². The van der Waals surface area contributed by atoms with Gasteiger partial charge in [-0.1, -0.05) is 11.6 Å². The molecule has 0 saturated carbocycles. The van der Waals surface area contributed by atoms with Crippen molar-refractivity contribution in [2.75, 3.05) is 0 Å². The summed E-state index contributed by atoms with van der Waals surface area (Å²) in [5.41, 5.74) is 2.09. The fourth-order valence-corrected chi connectivity index (χ4v) is 2.04. The Hall–Kier alpha value is -1.09. The fraction of sp³-hybridized carbons (Fsp3) is 0.333. The molecule has 0 N–H and O–H groups in total. The molecule has 0 spiro atoms. The zero-order valence-corrected chi connectivity index (χ0v) is 7.67. The Balaban J connectivity index is 2.62. The van der Waals surface area contributed by atoms with Crippen molar-refractivity contribution in [3.05, 3.63) is 38.4 Å². The molecule has 2 rings (SSSR count). The van der Waals surface area contributed by atoms with Crippen molar-refractivity contribution in [2.45, 2.75) is 19.3 Å². The molecule has 0 unspecified atom stereocenters. The molecule has 0 atom stereocenters. The van der Waals surface area contributed by atoms with Crippen molar-refractivity contribution < 1.29 is 4.92 Å². The van der Waals surface area contributed by atoms with Crippen LogP contribution in [0.4, 0.5) is 5.69 Å². The maximum absolute atomic E-state index is 10.7. The molecule has 13 heavy (non-hydrogen) atoms. The molecule has 0 aliphatic heterocycles. The van der Waals surface area contributed by atoms with Crippen LogP contribution in [0.15, 0.2) is 12.1 Å². The van der Waals surface area contributed by atoms with Crippen LogP contribution < -0.4 is 0 Å². The predicted octanol–water partition coefficient (Wildman–Crippen LogP) is 2.74. The average molecular weight is 198 g/mol. The van der Waals surface area contributed by atoms with Gasteiger partial charge in [0.25, 0.3) is 5.69 Å². The topological polar surface area (TPSA) is 43.1 Å². The van der Waals surface area contributed by atoms with Crippen molar-refractivity contribution in [1.29, 1.82) is 0 Å².